The van der Waals surface area contributed by atoms with Crippen molar-refractivity contribution in [3.8, 4) is 0 Å². The molecule has 0 aliphatic carbocycles. The minimum atomic E-state index is -2.85. The van der Waals surface area contributed by atoms with Gasteiger partial charge in [0.25, 0.3) is 11.8 Å². The molecule has 0 aliphatic heterocycles. The van der Waals surface area contributed by atoms with Crippen LogP contribution in [0.5, 0.6) is 0 Å². The zero-order chi connectivity index (χ0) is 19.7. The predicted molar refractivity (Wildman–Crippen MR) is 90.5 cm³/mol. The van der Waals surface area contributed by atoms with E-state index in [1.54, 1.807) is 18.7 Å². The Morgan fingerprint density at radius 3 is 2.26 bits per heavy atom. The lowest BCUT2D eigenvalue weighted by Crippen LogP contribution is -2.20. The number of amides is 2. The number of nitrogens with one attached hydrogen (secondary N) is 2. The number of aromatic nitrogens is 6. The average molecular weight is 378 g/mol. The highest BCUT2D eigenvalue weighted by Gasteiger charge is 2.22. The Morgan fingerprint density at radius 2 is 1.67 bits per heavy atom. The van der Waals surface area contributed by atoms with Gasteiger partial charge in [-0.05, 0) is 13.0 Å². The number of rotatable bonds is 5. The van der Waals surface area contributed by atoms with Crippen LogP contribution in [0.4, 0.5) is 20.2 Å². The van der Waals surface area contributed by atoms with Gasteiger partial charge in [-0.15, -0.1) is 0 Å². The first-order valence-corrected chi connectivity index (χ1v) is 7.74. The van der Waals surface area contributed by atoms with Gasteiger partial charge in [-0.25, -0.2) is 4.68 Å². The highest BCUT2D eigenvalue weighted by molar-refractivity contribution is 6.11. The molecule has 0 saturated heterocycles. The molecule has 3 heterocycles. The fraction of sp³-hybridized carbons (Fsp3) is 0.267. The van der Waals surface area contributed by atoms with Crippen LogP contribution in [-0.4, -0.2) is 41.2 Å². The Morgan fingerprint density at radius 1 is 1.04 bits per heavy atom. The van der Waals surface area contributed by atoms with Gasteiger partial charge in [-0.2, -0.15) is 24.1 Å². The van der Waals surface area contributed by atoms with Crippen LogP contribution in [0.2, 0.25) is 0 Å². The summed E-state index contributed by atoms with van der Waals surface area (Å²) < 4.78 is 28.4. The van der Waals surface area contributed by atoms with Gasteiger partial charge in [0.1, 0.15) is 5.69 Å². The number of nitrogens with zero attached hydrogens (tertiary/aromatic N) is 6. The molecule has 3 aromatic heterocycles. The molecule has 0 aliphatic rings. The van der Waals surface area contributed by atoms with Crippen molar-refractivity contribution in [2.75, 3.05) is 10.6 Å². The molecule has 0 atom stereocenters. The van der Waals surface area contributed by atoms with E-state index in [4.69, 9.17) is 0 Å². The van der Waals surface area contributed by atoms with Crippen molar-refractivity contribution in [3.63, 3.8) is 0 Å². The molecule has 10 nitrogen and oxygen atoms in total. The van der Waals surface area contributed by atoms with Crippen LogP contribution in [0.1, 0.15) is 33.2 Å². The Labute approximate surface area is 151 Å². The molecule has 2 N–H and O–H groups in total. The summed E-state index contributed by atoms with van der Waals surface area (Å²) in [5.41, 5.74) is 1.24. The summed E-state index contributed by atoms with van der Waals surface area (Å²) in [4.78, 5) is 24.8. The zero-order valence-electron chi connectivity index (χ0n) is 14.6. The van der Waals surface area contributed by atoms with Crippen LogP contribution in [0.25, 0.3) is 0 Å². The quantitative estimate of drug-likeness (QED) is 0.700. The topological polar surface area (TPSA) is 112 Å². The van der Waals surface area contributed by atoms with Gasteiger partial charge in [0.05, 0.1) is 29.5 Å². The van der Waals surface area contributed by atoms with Crippen molar-refractivity contribution in [2.24, 2.45) is 14.1 Å². The molecule has 12 heteroatoms. The van der Waals surface area contributed by atoms with Crippen LogP contribution < -0.4 is 10.6 Å². The third-order valence-corrected chi connectivity index (χ3v) is 3.93. The van der Waals surface area contributed by atoms with E-state index in [9.17, 15) is 18.4 Å². The Hall–Kier alpha value is -3.57. The second-order valence-corrected chi connectivity index (χ2v) is 5.66. The van der Waals surface area contributed by atoms with Crippen molar-refractivity contribution in [2.45, 2.75) is 13.5 Å². The lowest BCUT2D eigenvalue weighted by molar-refractivity contribution is 0.0561. The van der Waals surface area contributed by atoms with E-state index < -0.39 is 18.4 Å². The highest BCUT2D eigenvalue weighted by atomic mass is 19.3. The van der Waals surface area contributed by atoms with E-state index in [2.05, 4.69) is 25.9 Å². The SMILES string of the molecule is Cc1c(NC(=O)c2c(NC(=O)c3ccn(C(F)F)n3)cnn2C)cnn1C. The molecule has 0 radical (unpaired) electrons. The van der Waals surface area contributed by atoms with E-state index in [-0.39, 0.29) is 17.1 Å². The van der Waals surface area contributed by atoms with E-state index in [1.807, 2.05) is 0 Å². The first-order valence-electron chi connectivity index (χ1n) is 7.74. The number of anilines is 2. The summed E-state index contributed by atoms with van der Waals surface area (Å²) >= 11 is 0. The number of hydrogen-bond acceptors (Lipinski definition) is 5. The number of carbonyl (C=O) groups excluding carboxylic acids is 2. The highest BCUT2D eigenvalue weighted by Crippen LogP contribution is 2.19. The average Bonchev–Trinajstić information content (AvgIpc) is 3.31. The molecule has 142 valence electrons. The summed E-state index contributed by atoms with van der Waals surface area (Å²) in [6, 6.07) is 1.15. The first-order chi connectivity index (χ1) is 12.8. The Bertz CT molecular complexity index is 1000. The molecule has 2 amide bonds. The van der Waals surface area contributed by atoms with Gasteiger partial charge in [0, 0.05) is 20.3 Å². The maximum absolute atomic E-state index is 12.6. The minimum absolute atomic E-state index is 0.0832. The molecule has 3 aromatic rings. The van der Waals surface area contributed by atoms with Crippen molar-refractivity contribution in [1.82, 2.24) is 29.3 Å². The molecule has 3 rings (SSSR count). The Kier molecular flexibility index (Phi) is 4.71. The van der Waals surface area contributed by atoms with E-state index in [0.717, 1.165) is 18.0 Å². The number of halogens is 2. The monoisotopic (exact) mass is 378 g/mol. The molecule has 0 saturated carbocycles. The van der Waals surface area contributed by atoms with Gasteiger partial charge < -0.3 is 10.6 Å². The number of alkyl halides is 2. The smallest absolute Gasteiger partial charge is 0.318 e. The van der Waals surface area contributed by atoms with Crippen LogP contribution >= 0.6 is 0 Å². The predicted octanol–water partition coefficient (Wildman–Crippen LogP) is 1.56. The van der Waals surface area contributed by atoms with Crippen LogP contribution in [0.15, 0.2) is 24.7 Å². The van der Waals surface area contributed by atoms with Gasteiger partial charge in [0.2, 0.25) is 0 Å². The van der Waals surface area contributed by atoms with E-state index in [1.165, 1.54) is 24.1 Å². The zero-order valence-corrected chi connectivity index (χ0v) is 14.6. The molecule has 0 aromatic carbocycles. The molecule has 0 unspecified atom stereocenters. The van der Waals surface area contributed by atoms with Crippen molar-refractivity contribution in [3.05, 3.63) is 41.7 Å². The largest absolute Gasteiger partial charge is 0.333 e. The van der Waals surface area contributed by atoms with Crippen molar-refractivity contribution in [1.29, 1.82) is 0 Å². The number of hydrogen-bond donors (Lipinski definition) is 2. The molecule has 0 spiro atoms. The number of aryl methyl sites for hydroxylation is 2. The fourth-order valence-electron chi connectivity index (χ4n) is 2.36. The van der Waals surface area contributed by atoms with Crippen molar-refractivity contribution < 1.29 is 18.4 Å². The van der Waals surface area contributed by atoms with Crippen LogP contribution in [0.3, 0.4) is 0 Å². The summed E-state index contributed by atoms with van der Waals surface area (Å²) in [6.07, 6.45) is 3.77. The van der Waals surface area contributed by atoms with E-state index in [0.29, 0.717) is 10.4 Å². The molecule has 0 bridgehead atoms. The molecular formula is C15H16F2N8O2. The lowest BCUT2D eigenvalue weighted by atomic mass is 10.3. The standard InChI is InChI=1S/C15H16F2N8O2/c1-8-10(6-18-23(8)2)20-14(27)12-11(7-19-24(12)3)21-13(26)9-4-5-25(22-9)15(16)17/h4-7,15H,1-3H3,(H,20,27)(H,21,26). The first kappa shape index (κ1) is 18.2. The maximum atomic E-state index is 12.6. The Balaban J connectivity index is 1.80. The van der Waals surface area contributed by atoms with Gasteiger partial charge in [0.15, 0.2) is 5.69 Å². The summed E-state index contributed by atoms with van der Waals surface area (Å²) in [6.45, 7) is -1.07. The summed E-state index contributed by atoms with van der Waals surface area (Å²) in [5, 5.41) is 16.6. The molecule has 27 heavy (non-hydrogen) atoms. The molecular weight excluding hydrogens is 362 g/mol. The third-order valence-electron chi connectivity index (χ3n) is 3.93. The second-order valence-electron chi connectivity index (χ2n) is 5.66. The van der Waals surface area contributed by atoms with Gasteiger partial charge in [-0.1, -0.05) is 0 Å². The van der Waals surface area contributed by atoms with Gasteiger partial charge in [-0.3, -0.25) is 19.0 Å². The fourth-order valence-corrected chi connectivity index (χ4v) is 2.36. The molecule has 0 fully saturated rings. The number of carbonyl (C=O) groups is 2. The normalized spacial score (nSPS) is 11.0. The maximum Gasteiger partial charge on any atom is 0.333 e. The van der Waals surface area contributed by atoms with Crippen molar-refractivity contribution >= 4 is 23.2 Å². The summed E-state index contributed by atoms with van der Waals surface area (Å²) in [5.74, 6) is -1.26. The van der Waals surface area contributed by atoms with E-state index >= 15 is 0 Å². The minimum Gasteiger partial charge on any atom is -0.318 e. The van der Waals surface area contributed by atoms with Gasteiger partial charge >= 0.3 is 6.55 Å². The lowest BCUT2D eigenvalue weighted by Gasteiger charge is -2.08. The summed E-state index contributed by atoms with van der Waals surface area (Å²) in [7, 11) is 3.27. The van der Waals surface area contributed by atoms with Crippen LogP contribution in [0, 0.1) is 6.92 Å². The van der Waals surface area contributed by atoms with Crippen LogP contribution in [-0.2, 0) is 14.1 Å². The second kappa shape index (κ2) is 6.97. The third kappa shape index (κ3) is 3.54.